The van der Waals surface area contributed by atoms with Crippen LogP contribution in [0.15, 0.2) is 24.4 Å². The number of anilines is 1. The molecule has 3 aromatic rings. The number of hydrogen-bond donors (Lipinski definition) is 2. The minimum absolute atomic E-state index is 0.0916. The number of carbonyl (C=O) groups excluding carboxylic acids is 1. The lowest BCUT2D eigenvalue weighted by molar-refractivity contribution is 0.0443. The minimum atomic E-state index is 0.0916. The van der Waals surface area contributed by atoms with Gasteiger partial charge in [-0.2, -0.15) is 0 Å². The van der Waals surface area contributed by atoms with E-state index in [1.54, 1.807) is 29.0 Å². The van der Waals surface area contributed by atoms with Crippen LogP contribution in [0.3, 0.4) is 0 Å². The Labute approximate surface area is 167 Å². The zero-order valence-corrected chi connectivity index (χ0v) is 16.1. The lowest BCUT2D eigenvalue weighted by Crippen LogP contribution is -2.36. The number of rotatable bonds is 3. The highest BCUT2D eigenvalue weighted by Crippen LogP contribution is 2.31. The molecular weight excluding hydrogens is 370 g/mol. The van der Waals surface area contributed by atoms with E-state index in [0.717, 1.165) is 31.9 Å². The lowest BCUT2D eigenvalue weighted by Gasteiger charge is -2.24. The Balaban J connectivity index is 1.77. The second-order valence-corrected chi connectivity index (χ2v) is 6.84. The number of morpholine rings is 1. The maximum absolute atomic E-state index is 11.6. The molecule has 0 saturated carbocycles. The third-order valence-corrected chi connectivity index (χ3v) is 4.91. The molecule has 1 fully saturated rings. The van der Waals surface area contributed by atoms with E-state index in [4.69, 9.17) is 10.5 Å². The number of aromatic nitrogens is 3. The van der Waals surface area contributed by atoms with Gasteiger partial charge in [-0.3, -0.25) is 14.3 Å². The van der Waals surface area contributed by atoms with Gasteiger partial charge in [0, 0.05) is 19.2 Å². The average molecular weight is 391 g/mol. The first kappa shape index (κ1) is 18.9. The Bertz CT molecular complexity index is 1140. The highest BCUT2D eigenvalue weighted by atomic mass is 16.5. The molecule has 0 amide bonds. The van der Waals surface area contributed by atoms with Crippen molar-refractivity contribution in [2.45, 2.75) is 6.92 Å². The van der Waals surface area contributed by atoms with E-state index in [-0.39, 0.29) is 17.1 Å². The number of aromatic hydroxyl groups is 1. The third kappa shape index (κ3) is 3.66. The molecule has 0 unspecified atom stereocenters. The zero-order chi connectivity index (χ0) is 20.4. The van der Waals surface area contributed by atoms with Gasteiger partial charge in [0.15, 0.2) is 11.9 Å². The summed E-state index contributed by atoms with van der Waals surface area (Å²) in [5.74, 6) is 6.47. The molecule has 3 N–H and O–H groups in total. The van der Waals surface area contributed by atoms with Crippen LogP contribution in [-0.2, 0) is 4.74 Å². The van der Waals surface area contributed by atoms with Crippen LogP contribution in [0, 0.1) is 18.8 Å². The van der Waals surface area contributed by atoms with Gasteiger partial charge in [0.2, 0.25) is 0 Å². The fourth-order valence-corrected chi connectivity index (χ4v) is 3.34. The molecular formula is C21H21N5O3. The summed E-state index contributed by atoms with van der Waals surface area (Å²) < 4.78 is 6.97. The Kier molecular flexibility index (Phi) is 5.16. The number of aryl methyl sites for hydroxylation is 1. The van der Waals surface area contributed by atoms with Crippen molar-refractivity contribution in [2.75, 3.05) is 38.6 Å². The van der Waals surface area contributed by atoms with E-state index in [1.165, 1.54) is 0 Å². The van der Waals surface area contributed by atoms with Gasteiger partial charge in [-0.05, 0) is 24.5 Å². The van der Waals surface area contributed by atoms with E-state index in [2.05, 4.69) is 26.7 Å². The van der Waals surface area contributed by atoms with Gasteiger partial charge in [-0.15, -0.1) is 0 Å². The Morgan fingerprint density at radius 2 is 2.14 bits per heavy atom. The number of benzene rings is 1. The van der Waals surface area contributed by atoms with Crippen LogP contribution < -0.4 is 5.73 Å². The van der Waals surface area contributed by atoms with E-state index in [0.29, 0.717) is 35.4 Å². The SMILES string of the molecule is Cc1ccc(O)cc1-n1c(N)c(C=O)c2ncc(C#CCN3CCOCC3)nc21. The van der Waals surface area contributed by atoms with Crippen LogP contribution in [0.4, 0.5) is 5.82 Å². The summed E-state index contributed by atoms with van der Waals surface area (Å²) in [4.78, 5) is 22.8. The van der Waals surface area contributed by atoms with E-state index < -0.39 is 0 Å². The Morgan fingerprint density at radius 3 is 2.90 bits per heavy atom. The van der Waals surface area contributed by atoms with Gasteiger partial charge >= 0.3 is 0 Å². The monoisotopic (exact) mass is 391 g/mol. The molecule has 0 aliphatic carbocycles. The van der Waals surface area contributed by atoms with Crippen LogP contribution >= 0.6 is 0 Å². The van der Waals surface area contributed by atoms with Crippen molar-refractivity contribution in [3.8, 4) is 23.3 Å². The van der Waals surface area contributed by atoms with Crippen molar-refractivity contribution in [1.29, 1.82) is 0 Å². The number of carbonyl (C=O) groups is 1. The summed E-state index contributed by atoms with van der Waals surface area (Å²) in [5.41, 5.74) is 9.33. The molecule has 29 heavy (non-hydrogen) atoms. The molecule has 0 bridgehead atoms. The summed E-state index contributed by atoms with van der Waals surface area (Å²) >= 11 is 0. The summed E-state index contributed by atoms with van der Waals surface area (Å²) in [6.07, 6.45) is 2.21. The molecule has 8 nitrogen and oxygen atoms in total. The minimum Gasteiger partial charge on any atom is -0.508 e. The van der Waals surface area contributed by atoms with E-state index in [1.807, 2.05) is 6.92 Å². The molecule has 0 radical (unpaired) electrons. The van der Waals surface area contributed by atoms with Crippen molar-refractivity contribution in [3.63, 3.8) is 0 Å². The Morgan fingerprint density at radius 1 is 1.34 bits per heavy atom. The van der Waals surface area contributed by atoms with Crippen LogP contribution in [0.25, 0.3) is 16.9 Å². The molecule has 1 aromatic carbocycles. The molecule has 3 heterocycles. The summed E-state index contributed by atoms with van der Waals surface area (Å²) in [5, 5.41) is 9.92. The fraction of sp³-hybridized carbons (Fsp3) is 0.286. The highest BCUT2D eigenvalue weighted by Gasteiger charge is 2.20. The van der Waals surface area contributed by atoms with Crippen molar-refractivity contribution in [1.82, 2.24) is 19.4 Å². The Hall–Kier alpha value is -3.41. The first-order valence-electron chi connectivity index (χ1n) is 9.29. The number of fused-ring (bicyclic) bond motifs is 1. The number of phenolic OH excluding ortho intramolecular Hbond substituents is 1. The normalized spacial score (nSPS) is 14.5. The number of nitrogens with two attached hydrogens (primary N) is 1. The second kappa shape index (κ2) is 7.91. The van der Waals surface area contributed by atoms with Gasteiger partial charge in [-0.25, -0.2) is 9.97 Å². The van der Waals surface area contributed by atoms with Crippen molar-refractivity contribution in [3.05, 3.63) is 41.2 Å². The largest absolute Gasteiger partial charge is 0.508 e. The van der Waals surface area contributed by atoms with Crippen molar-refractivity contribution in [2.24, 2.45) is 0 Å². The number of ether oxygens (including phenoxy) is 1. The van der Waals surface area contributed by atoms with Crippen LogP contribution in [0.5, 0.6) is 5.75 Å². The lowest BCUT2D eigenvalue weighted by atomic mass is 10.2. The molecule has 1 saturated heterocycles. The standard InChI is InChI=1S/C21H21N5O3/c1-14-4-5-16(28)11-18(14)26-20(22)17(13-27)19-21(26)24-15(12-23-19)3-2-6-25-7-9-29-10-8-25/h4-5,11-13,28H,6-10,22H2,1H3. The zero-order valence-electron chi connectivity index (χ0n) is 16.1. The molecule has 0 atom stereocenters. The summed E-state index contributed by atoms with van der Waals surface area (Å²) in [6, 6.07) is 4.95. The van der Waals surface area contributed by atoms with Gasteiger partial charge in [0.05, 0.1) is 37.2 Å². The number of aldehydes is 1. The summed E-state index contributed by atoms with van der Waals surface area (Å²) in [7, 11) is 0. The molecule has 1 aliphatic heterocycles. The smallest absolute Gasteiger partial charge is 0.167 e. The molecule has 1 aliphatic rings. The first-order valence-corrected chi connectivity index (χ1v) is 9.29. The van der Waals surface area contributed by atoms with E-state index in [9.17, 15) is 9.90 Å². The van der Waals surface area contributed by atoms with Crippen LogP contribution in [-0.4, -0.2) is 63.7 Å². The predicted molar refractivity (Wildman–Crippen MR) is 109 cm³/mol. The van der Waals surface area contributed by atoms with Crippen molar-refractivity contribution >= 4 is 23.3 Å². The number of hydrogen-bond acceptors (Lipinski definition) is 7. The first-order chi connectivity index (χ1) is 14.1. The topological polar surface area (TPSA) is 106 Å². The quantitative estimate of drug-likeness (QED) is 0.515. The van der Waals surface area contributed by atoms with Gasteiger partial charge < -0.3 is 15.6 Å². The predicted octanol–water partition coefficient (Wildman–Crippen LogP) is 1.51. The molecule has 2 aromatic heterocycles. The highest BCUT2D eigenvalue weighted by molar-refractivity contribution is 6.01. The van der Waals surface area contributed by atoms with Gasteiger partial charge in [-0.1, -0.05) is 12.0 Å². The third-order valence-electron chi connectivity index (χ3n) is 4.91. The van der Waals surface area contributed by atoms with E-state index >= 15 is 0 Å². The number of phenols is 1. The van der Waals surface area contributed by atoms with Crippen LogP contribution in [0.2, 0.25) is 0 Å². The fourth-order valence-electron chi connectivity index (χ4n) is 3.34. The summed E-state index contributed by atoms with van der Waals surface area (Å²) in [6.45, 7) is 5.67. The molecule has 0 spiro atoms. The van der Waals surface area contributed by atoms with Gasteiger partial charge in [0.25, 0.3) is 0 Å². The number of nitrogen functional groups attached to an aromatic ring is 1. The molecule has 8 heteroatoms. The van der Waals surface area contributed by atoms with Crippen molar-refractivity contribution < 1.29 is 14.6 Å². The van der Waals surface area contributed by atoms with Crippen LogP contribution in [0.1, 0.15) is 21.6 Å². The average Bonchev–Trinajstić information content (AvgIpc) is 3.01. The molecule has 148 valence electrons. The molecule has 4 rings (SSSR count). The maximum Gasteiger partial charge on any atom is 0.167 e. The second-order valence-electron chi connectivity index (χ2n) is 6.84. The maximum atomic E-state index is 11.6. The number of nitrogens with zero attached hydrogens (tertiary/aromatic N) is 4. The van der Waals surface area contributed by atoms with Gasteiger partial charge in [0.1, 0.15) is 22.8 Å².